The molecule has 0 atom stereocenters. The van der Waals surface area contributed by atoms with Gasteiger partial charge in [0.1, 0.15) is 0 Å². The predicted octanol–water partition coefficient (Wildman–Crippen LogP) is 10.7. The first-order chi connectivity index (χ1) is 27.8. The molecule has 60 heavy (non-hydrogen) atoms. The van der Waals surface area contributed by atoms with Crippen molar-refractivity contribution in [1.82, 2.24) is 29.9 Å². The predicted molar refractivity (Wildman–Crippen MR) is 238 cm³/mol. The van der Waals surface area contributed by atoms with E-state index in [1.807, 2.05) is 37.2 Å². The Kier molecular flexibility index (Phi) is 13.7. The van der Waals surface area contributed by atoms with Gasteiger partial charge in [0.15, 0.2) is 0 Å². The van der Waals surface area contributed by atoms with Gasteiger partial charge in [-0.25, -0.2) is 0 Å². The smallest absolute Gasteiger partial charge is 0.759 e. The number of fused-ring (bicyclic) bond motifs is 9. The van der Waals surface area contributed by atoms with Crippen molar-refractivity contribution in [2.75, 3.05) is 0 Å². The molecule has 0 fully saturated rings. The Morgan fingerprint density at radius 1 is 0.317 bits per heavy atom. The van der Waals surface area contributed by atoms with Crippen LogP contribution in [0.3, 0.4) is 0 Å². The van der Waals surface area contributed by atoms with Crippen LogP contribution in [0.2, 0.25) is 0 Å². The molecule has 3 aromatic carbocycles. The van der Waals surface area contributed by atoms with Gasteiger partial charge in [-0.1, -0.05) is 36.4 Å². The standard InChI is InChI=1S/3C16H16N2.Fe.H2O4S/c3*1-9-7-17-15-13(11(9)3)5-6-14-12(4)10(2)8-18-16(14)15;;1-5(2,3)4/h3*5-8H,1-4H3;;(H2,1,2,3,4)/q;;;+2;/p-2. The molecular weight excluding hydrogens is 812 g/mol. The molecule has 308 valence electrons. The normalized spacial score (nSPS) is 11.2. The molecule has 0 aliphatic rings. The third-order valence-electron chi connectivity index (χ3n) is 11.8. The van der Waals surface area contributed by atoms with Gasteiger partial charge in [-0.15, -0.1) is 0 Å². The number of aryl methyl sites for hydroxylation is 12. The number of hydrogen-bond acceptors (Lipinski definition) is 10. The number of pyridine rings is 6. The Morgan fingerprint density at radius 3 is 0.550 bits per heavy atom. The van der Waals surface area contributed by atoms with Crippen LogP contribution in [0.1, 0.15) is 66.8 Å². The summed E-state index contributed by atoms with van der Waals surface area (Å²) in [7, 11) is -5.17. The van der Waals surface area contributed by atoms with Gasteiger partial charge < -0.3 is 9.11 Å². The molecular formula is C48H48FeN6O4S. The molecule has 10 nitrogen and oxygen atoms in total. The van der Waals surface area contributed by atoms with Crippen molar-refractivity contribution in [3.05, 3.63) is 140 Å². The summed E-state index contributed by atoms with van der Waals surface area (Å²) in [6.07, 6.45) is 11.6. The van der Waals surface area contributed by atoms with Crippen LogP contribution in [0, 0.1) is 83.1 Å². The third kappa shape index (κ3) is 9.13. The zero-order valence-corrected chi connectivity index (χ0v) is 37.9. The molecule has 0 aliphatic carbocycles. The molecule has 0 radical (unpaired) electrons. The fourth-order valence-electron chi connectivity index (χ4n) is 7.16. The van der Waals surface area contributed by atoms with E-state index in [1.54, 1.807) is 0 Å². The summed E-state index contributed by atoms with van der Waals surface area (Å²) in [5.74, 6) is 0. The van der Waals surface area contributed by atoms with Gasteiger partial charge in [0.25, 0.3) is 0 Å². The monoisotopic (exact) mass is 860 g/mol. The van der Waals surface area contributed by atoms with Gasteiger partial charge in [0, 0.05) is 79.9 Å². The topological polar surface area (TPSA) is 158 Å². The quantitative estimate of drug-likeness (QED) is 0.0622. The van der Waals surface area contributed by atoms with E-state index < -0.39 is 10.4 Å². The van der Waals surface area contributed by atoms with Crippen molar-refractivity contribution in [3.63, 3.8) is 0 Å². The van der Waals surface area contributed by atoms with Crippen molar-refractivity contribution < 1.29 is 34.6 Å². The second kappa shape index (κ2) is 18.0. The van der Waals surface area contributed by atoms with Crippen LogP contribution < -0.4 is 0 Å². The number of aromatic nitrogens is 6. The van der Waals surface area contributed by atoms with Crippen LogP contribution in [-0.2, 0) is 27.5 Å². The van der Waals surface area contributed by atoms with E-state index in [0.29, 0.717) is 0 Å². The van der Waals surface area contributed by atoms with Gasteiger partial charge in [-0.05, 0) is 150 Å². The fraction of sp³-hybridized carbons (Fsp3) is 0.250. The number of rotatable bonds is 0. The maximum absolute atomic E-state index is 8.52. The first-order valence-corrected chi connectivity index (χ1v) is 20.6. The zero-order chi connectivity index (χ0) is 43.1. The molecule has 6 heterocycles. The Bertz CT molecular complexity index is 2720. The summed E-state index contributed by atoms with van der Waals surface area (Å²) < 4.78 is 34.1. The fourth-order valence-corrected chi connectivity index (χ4v) is 7.16. The molecule has 9 rings (SSSR count). The first-order valence-electron chi connectivity index (χ1n) is 19.3. The Morgan fingerprint density at radius 2 is 0.433 bits per heavy atom. The van der Waals surface area contributed by atoms with Gasteiger partial charge in [0.2, 0.25) is 0 Å². The van der Waals surface area contributed by atoms with Crippen LogP contribution in [-0.4, -0.2) is 47.4 Å². The molecule has 0 saturated carbocycles. The van der Waals surface area contributed by atoms with Crippen LogP contribution in [0.15, 0.2) is 73.6 Å². The average Bonchev–Trinajstić information content (AvgIpc) is 3.19. The van der Waals surface area contributed by atoms with Crippen molar-refractivity contribution >= 4 is 75.8 Å². The Balaban J connectivity index is 0.000000160. The SMILES string of the molecule is Cc1cnc2c(ccc3c(C)c(C)cnc32)c1C.Cc1cnc2c(ccc3c(C)c(C)cnc32)c1C.Cc1cnc2c(ccc3c(C)c(C)cnc32)c1C.O=S(=O)([O-])[O-].[Fe+2]. The minimum atomic E-state index is -5.17. The van der Waals surface area contributed by atoms with E-state index in [0.717, 1.165) is 33.1 Å². The second-order valence-corrected chi connectivity index (χ2v) is 16.2. The number of nitrogens with zero attached hydrogens (tertiary/aromatic N) is 6. The molecule has 0 bridgehead atoms. The Hall–Kier alpha value is -5.49. The minimum absolute atomic E-state index is 0. The molecule has 9 aromatic rings. The molecule has 12 heteroatoms. The largest absolute Gasteiger partial charge is 2.00 e. The second-order valence-electron chi connectivity index (χ2n) is 15.4. The van der Waals surface area contributed by atoms with Gasteiger partial charge in [-0.3, -0.25) is 38.3 Å². The van der Waals surface area contributed by atoms with E-state index in [4.69, 9.17) is 17.5 Å². The summed E-state index contributed by atoms with van der Waals surface area (Å²) in [5.41, 5.74) is 21.2. The van der Waals surface area contributed by atoms with Crippen LogP contribution in [0.4, 0.5) is 0 Å². The van der Waals surface area contributed by atoms with Crippen molar-refractivity contribution in [3.8, 4) is 0 Å². The summed E-state index contributed by atoms with van der Waals surface area (Å²) in [5, 5.41) is 7.24. The van der Waals surface area contributed by atoms with E-state index in [2.05, 4.69) is 149 Å². The van der Waals surface area contributed by atoms with Crippen molar-refractivity contribution in [2.24, 2.45) is 0 Å². The molecule has 0 aliphatic heterocycles. The van der Waals surface area contributed by atoms with E-state index >= 15 is 0 Å². The van der Waals surface area contributed by atoms with E-state index in [-0.39, 0.29) is 17.1 Å². The Labute approximate surface area is 362 Å². The van der Waals surface area contributed by atoms with E-state index in [1.165, 1.54) is 99.1 Å². The molecule has 0 N–H and O–H groups in total. The van der Waals surface area contributed by atoms with Gasteiger partial charge >= 0.3 is 17.1 Å². The van der Waals surface area contributed by atoms with Crippen molar-refractivity contribution in [1.29, 1.82) is 0 Å². The maximum atomic E-state index is 8.52. The summed E-state index contributed by atoms with van der Waals surface area (Å²) in [4.78, 5) is 27.5. The number of hydrogen-bond donors (Lipinski definition) is 0. The zero-order valence-electron chi connectivity index (χ0n) is 36.0. The minimum Gasteiger partial charge on any atom is -0.759 e. The molecule has 0 amide bonds. The van der Waals surface area contributed by atoms with Crippen LogP contribution >= 0.6 is 0 Å². The summed E-state index contributed by atoms with van der Waals surface area (Å²) in [6, 6.07) is 13.0. The number of benzene rings is 3. The van der Waals surface area contributed by atoms with Gasteiger partial charge in [0.05, 0.1) is 33.1 Å². The van der Waals surface area contributed by atoms with Crippen LogP contribution in [0.5, 0.6) is 0 Å². The van der Waals surface area contributed by atoms with Gasteiger partial charge in [-0.2, -0.15) is 0 Å². The molecule has 6 aromatic heterocycles. The van der Waals surface area contributed by atoms with E-state index in [9.17, 15) is 0 Å². The summed E-state index contributed by atoms with van der Waals surface area (Å²) >= 11 is 0. The first kappa shape index (κ1) is 45.6. The van der Waals surface area contributed by atoms with Crippen LogP contribution in [0.25, 0.3) is 65.4 Å². The third-order valence-corrected chi connectivity index (χ3v) is 11.8. The average molecular weight is 861 g/mol. The molecule has 0 saturated heterocycles. The maximum Gasteiger partial charge on any atom is 2.00 e. The molecule has 0 unspecified atom stereocenters. The summed E-state index contributed by atoms with van der Waals surface area (Å²) in [6.45, 7) is 25.5. The molecule has 0 spiro atoms. The van der Waals surface area contributed by atoms with Crippen molar-refractivity contribution in [2.45, 2.75) is 83.1 Å².